The summed E-state index contributed by atoms with van der Waals surface area (Å²) in [5, 5.41) is 15.7. The highest BCUT2D eigenvalue weighted by Crippen LogP contribution is 2.38. The van der Waals surface area contributed by atoms with Crippen molar-refractivity contribution in [2.24, 2.45) is 0 Å². The molecule has 0 radical (unpaired) electrons. The van der Waals surface area contributed by atoms with Gasteiger partial charge in [-0.1, -0.05) is 40.9 Å². The molecule has 2 rings (SSSR count). The highest BCUT2D eigenvalue weighted by Gasteiger charge is 2.31. The number of ether oxygens (including phenoxy) is 2. The molecule has 0 spiro atoms. The SMILES string of the molecule is COCCN(CCOC)S(=O)(=O)c1c(Cl)ccc(NC(=O)Nc2cccc(Cl)c2Cl)c1O. The van der Waals surface area contributed by atoms with E-state index < -0.39 is 26.7 Å². The first kappa shape index (κ1) is 26.5. The number of aromatic hydroxyl groups is 1. The van der Waals surface area contributed by atoms with Gasteiger partial charge in [-0.3, -0.25) is 0 Å². The molecule has 0 heterocycles. The monoisotopic (exact) mass is 525 g/mol. The Morgan fingerprint density at radius 3 is 2.16 bits per heavy atom. The zero-order chi connectivity index (χ0) is 23.9. The lowest BCUT2D eigenvalue weighted by Crippen LogP contribution is -2.36. The number of carbonyl (C=O) groups excluding carboxylic acids is 1. The molecular weight excluding hydrogens is 505 g/mol. The summed E-state index contributed by atoms with van der Waals surface area (Å²) >= 11 is 18.1. The van der Waals surface area contributed by atoms with Gasteiger partial charge in [0.05, 0.1) is 39.7 Å². The number of sulfonamides is 1. The number of hydrogen-bond donors (Lipinski definition) is 3. The van der Waals surface area contributed by atoms with Crippen LogP contribution in [-0.2, 0) is 19.5 Å². The van der Waals surface area contributed by atoms with Gasteiger partial charge in [-0.25, -0.2) is 13.2 Å². The highest BCUT2D eigenvalue weighted by atomic mass is 35.5. The van der Waals surface area contributed by atoms with Crippen molar-refractivity contribution in [3.05, 3.63) is 45.4 Å². The molecule has 32 heavy (non-hydrogen) atoms. The van der Waals surface area contributed by atoms with E-state index in [9.17, 15) is 18.3 Å². The number of phenols is 1. The maximum absolute atomic E-state index is 13.2. The molecule has 3 N–H and O–H groups in total. The second kappa shape index (κ2) is 11.9. The number of phenolic OH excluding ortho intramolecular Hbond substituents is 1. The van der Waals surface area contributed by atoms with Crippen molar-refractivity contribution >= 4 is 62.2 Å². The zero-order valence-corrected chi connectivity index (χ0v) is 20.3. The topological polar surface area (TPSA) is 117 Å². The molecule has 0 aliphatic heterocycles. The van der Waals surface area contributed by atoms with Crippen molar-refractivity contribution in [2.75, 3.05) is 51.2 Å². The second-order valence-electron chi connectivity index (χ2n) is 6.34. The number of hydrogen-bond acceptors (Lipinski definition) is 6. The van der Waals surface area contributed by atoms with Gasteiger partial charge in [0, 0.05) is 27.3 Å². The molecular formula is C19H22Cl3N3O6S. The van der Waals surface area contributed by atoms with Gasteiger partial charge in [-0.2, -0.15) is 4.31 Å². The Hall–Kier alpha value is -1.79. The fourth-order valence-electron chi connectivity index (χ4n) is 2.64. The summed E-state index contributed by atoms with van der Waals surface area (Å²) in [5.74, 6) is -0.718. The molecule has 0 bridgehead atoms. The third-order valence-electron chi connectivity index (χ3n) is 4.22. The van der Waals surface area contributed by atoms with Crippen molar-refractivity contribution in [3.63, 3.8) is 0 Å². The molecule has 0 saturated carbocycles. The number of amides is 2. The number of nitrogens with one attached hydrogen (secondary N) is 2. The van der Waals surface area contributed by atoms with E-state index in [-0.39, 0.29) is 52.7 Å². The Morgan fingerprint density at radius 1 is 0.969 bits per heavy atom. The van der Waals surface area contributed by atoms with Crippen LogP contribution in [0.4, 0.5) is 16.2 Å². The summed E-state index contributed by atoms with van der Waals surface area (Å²) in [6.07, 6.45) is 0. The number of rotatable bonds is 10. The summed E-state index contributed by atoms with van der Waals surface area (Å²) in [6.45, 7) is 0.233. The molecule has 2 aromatic carbocycles. The number of urea groups is 1. The molecule has 176 valence electrons. The van der Waals surface area contributed by atoms with Crippen LogP contribution in [0.5, 0.6) is 5.75 Å². The Balaban J connectivity index is 2.34. The Labute approximate surface area is 201 Å². The summed E-state index contributed by atoms with van der Waals surface area (Å²) in [7, 11) is -1.39. The fraction of sp³-hybridized carbons (Fsp3) is 0.316. The van der Waals surface area contributed by atoms with Gasteiger partial charge in [0.1, 0.15) is 4.90 Å². The molecule has 0 saturated heterocycles. The van der Waals surface area contributed by atoms with Gasteiger partial charge in [0.2, 0.25) is 10.0 Å². The van der Waals surface area contributed by atoms with Gasteiger partial charge >= 0.3 is 6.03 Å². The minimum absolute atomic E-state index is 0.00334. The molecule has 0 aliphatic rings. The number of anilines is 2. The van der Waals surface area contributed by atoms with Crippen molar-refractivity contribution in [3.8, 4) is 5.75 Å². The Bertz CT molecular complexity index is 1060. The van der Waals surface area contributed by atoms with Gasteiger partial charge in [0.25, 0.3) is 0 Å². The number of carbonyl (C=O) groups is 1. The van der Waals surface area contributed by atoms with Crippen LogP contribution in [0.1, 0.15) is 0 Å². The lowest BCUT2D eigenvalue weighted by molar-refractivity contribution is 0.150. The van der Waals surface area contributed by atoms with E-state index in [0.29, 0.717) is 0 Å². The first-order valence-corrected chi connectivity index (χ1v) is 11.7. The van der Waals surface area contributed by atoms with Crippen molar-refractivity contribution in [1.82, 2.24) is 4.31 Å². The molecule has 13 heteroatoms. The van der Waals surface area contributed by atoms with E-state index in [2.05, 4.69) is 10.6 Å². The normalized spacial score (nSPS) is 11.6. The third kappa shape index (κ3) is 6.38. The summed E-state index contributed by atoms with van der Waals surface area (Å²) in [6, 6.07) is 6.39. The first-order chi connectivity index (χ1) is 15.1. The zero-order valence-electron chi connectivity index (χ0n) is 17.2. The van der Waals surface area contributed by atoms with Gasteiger partial charge in [0.15, 0.2) is 5.75 Å². The molecule has 9 nitrogen and oxygen atoms in total. The predicted molar refractivity (Wildman–Crippen MR) is 125 cm³/mol. The van der Waals surface area contributed by atoms with E-state index in [1.54, 1.807) is 12.1 Å². The molecule has 0 unspecified atom stereocenters. The van der Waals surface area contributed by atoms with Crippen LogP contribution >= 0.6 is 34.8 Å². The lowest BCUT2D eigenvalue weighted by Gasteiger charge is -2.23. The number of halogens is 3. The molecule has 0 fully saturated rings. The smallest absolute Gasteiger partial charge is 0.323 e. The molecule has 0 aliphatic carbocycles. The highest BCUT2D eigenvalue weighted by molar-refractivity contribution is 7.89. The summed E-state index contributed by atoms with van der Waals surface area (Å²) in [5.41, 5.74) is 0.0466. The molecule has 2 aromatic rings. The van der Waals surface area contributed by atoms with Crippen LogP contribution < -0.4 is 10.6 Å². The van der Waals surface area contributed by atoms with E-state index in [1.165, 1.54) is 32.4 Å². The molecule has 0 atom stereocenters. The van der Waals surface area contributed by atoms with Gasteiger partial charge in [-0.15, -0.1) is 0 Å². The van der Waals surface area contributed by atoms with Gasteiger partial charge in [-0.05, 0) is 24.3 Å². The minimum atomic E-state index is -4.26. The maximum atomic E-state index is 13.2. The maximum Gasteiger partial charge on any atom is 0.323 e. The second-order valence-corrected chi connectivity index (χ2v) is 9.41. The average molecular weight is 527 g/mol. The largest absolute Gasteiger partial charge is 0.504 e. The predicted octanol–water partition coefficient (Wildman–Crippen LogP) is 4.28. The summed E-state index contributed by atoms with van der Waals surface area (Å²) < 4.78 is 37.4. The lowest BCUT2D eigenvalue weighted by atomic mass is 10.3. The standard InChI is InChI=1S/C19H22Cl3N3O6S/c1-30-10-8-25(9-11-31-2)32(28,29)18-13(21)6-7-15(17(18)26)24-19(27)23-14-5-3-4-12(20)16(14)22/h3-7,26H,8-11H2,1-2H3,(H2,23,24,27). The van der Waals surface area contributed by atoms with Crippen LogP contribution in [0.3, 0.4) is 0 Å². The fourth-order valence-corrected chi connectivity index (χ4v) is 4.99. The van der Waals surface area contributed by atoms with Crippen molar-refractivity contribution in [1.29, 1.82) is 0 Å². The van der Waals surface area contributed by atoms with Crippen LogP contribution in [-0.4, -0.2) is 64.4 Å². The minimum Gasteiger partial charge on any atom is -0.504 e. The summed E-state index contributed by atoms with van der Waals surface area (Å²) in [4.78, 5) is 11.8. The first-order valence-electron chi connectivity index (χ1n) is 9.15. The van der Waals surface area contributed by atoms with E-state index in [4.69, 9.17) is 44.3 Å². The van der Waals surface area contributed by atoms with E-state index in [1.807, 2.05) is 0 Å². The number of nitrogens with zero attached hydrogens (tertiary/aromatic N) is 1. The van der Waals surface area contributed by atoms with E-state index >= 15 is 0 Å². The van der Waals surface area contributed by atoms with Crippen LogP contribution in [0.15, 0.2) is 35.2 Å². The van der Waals surface area contributed by atoms with Crippen LogP contribution in [0.25, 0.3) is 0 Å². The van der Waals surface area contributed by atoms with Crippen molar-refractivity contribution in [2.45, 2.75) is 4.90 Å². The molecule has 2 amide bonds. The Morgan fingerprint density at radius 2 is 1.56 bits per heavy atom. The quantitative estimate of drug-likeness (QED) is 0.398. The Kier molecular flexibility index (Phi) is 9.83. The van der Waals surface area contributed by atoms with Crippen LogP contribution in [0, 0.1) is 0 Å². The average Bonchev–Trinajstić information content (AvgIpc) is 2.73. The van der Waals surface area contributed by atoms with Crippen LogP contribution in [0.2, 0.25) is 15.1 Å². The van der Waals surface area contributed by atoms with E-state index in [0.717, 1.165) is 4.31 Å². The number of methoxy groups -OCH3 is 2. The molecule has 0 aromatic heterocycles. The third-order valence-corrected chi connectivity index (χ3v) is 7.44. The van der Waals surface area contributed by atoms with Crippen molar-refractivity contribution < 1.29 is 27.8 Å². The number of benzene rings is 2. The van der Waals surface area contributed by atoms with Gasteiger partial charge < -0.3 is 25.2 Å².